The lowest BCUT2D eigenvalue weighted by Crippen LogP contribution is -2.45. The van der Waals surface area contributed by atoms with E-state index in [0.717, 1.165) is 19.3 Å². The zero-order chi connectivity index (χ0) is 18.2. The van der Waals surface area contributed by atoms with Gasteiger partial charge >= 0.3 is 5.69 Å². The third-order valence-electron chi connectivity index (χ3n) is 5.24. The van der Waals surface area contributed by atoms with Gasteiger partial charge in [0.1, 0.15) is 6.20 Å². The number of aryl methyl sites for hydroxylation is 3. The molecule has 1 fully saturated rings. The number of benzene rings is 1. The van der Waals surface area contributed by atoms with E-state index in [1.54, 1.807) is 7.05 Å². The molecule has 1 aliphatic rings. The van der Waals surface area contributed by atoms with Gasteiger partial charge in [-0.15, -0.1) is 0 Å². The highest BCUT2D eigenvalue weighted by Gasteiger charge is 2.39. The summed E-state index contributed by atoms with van der Waals surface area (Å²) >= 11 is 0. The fourth-order valence-electron chi connectivity index (χ4n) is 3.35. The largest absolute Gasteiger partial charge is 0.350 e. The Morgan fingerprint density at radius 2 is 2.08 bits per heavy atom. The molecule has 1 aromatic heterocycles. The molecule has 2 aromatic rings. The van der Waals surface area contributed by atoms with Crippen molar-refractivity contribution in [3.8, 4) is 0 Å². The first kappa shape index (κ1) is 17.1. The van der Waals surface area contributed by atoms with Gasteiger partial charge in [0, 0.05) is 19.0 Å². The minimum atomic E-state index is -0.579. The summed E-state index contributed by atoms with van der Waals surface area (Å²) in [4.78, 5) is 22.9. The highest BCUT2D eigenvalue weighted by Crippen LogP contribution is 2.43. The predicted molar refractivity (Wildman–Crippen MR) is 93.6 cm³/mol. The molecule has 132 valence electrons. The van der Waals surface area contributed by atoms with Gasteiger partial charge in [0.15, 0.2) is 0 Å². The van der Waals surface area contributed by atoms with E-state index in [1.165, 1.54) is 27.6 Å². The molecule has 1 aromatic carbocycles. The van der Waals surface area contributed by atoms with Crippen molar-refractivity contribution in [2.24, 2.45) is 7.05 Å². The molecule has 25 heavy (non-hydrogen) atoms. The molecule has 1 saturated carbocycles. The molecule has 0 spiro atoms. The summed E-state index contributed by atoms with van der Waals surface area (Å²) in [6.07, 6.45) is 4.37. The Morgan fingerprint density at radius 1 is 1.36 bits per heavy atom. The first-order valence-corrected chi connectivity index (χ1v) is 8.36. The normalized spacial score (nSPS) is 15.5. The van der Waals surface area contributed by atoms with Crippen LogP contribution in [0.1, 0.15) is 46.4 Å². The molecule has 1 heterocycles. The molecule has 0 saturated heterocycles. The molecule has 1 aliphatic carbocycles. The van der Waals surface area contributed by atoms with Crippen molar-refractivity contribution in [2.75, 3.05) is 6.54 Å². The summed E-state index contributed by atoms with van der Waals surface area (Å²) in [6.45, 7) is 4.62. The number of hydrogen-bond acceptors (Lipinski definition) is 4. The number of carbonyl (C=O) groups excluding carboxylic acids is 1. The van der Waals surface area contributed by atoms with Gasteiger partial charge in [-0.05, 0) is 43.4 Å². The van der Waals surface area contributed by atoms with E-state index in [2.05, 4.69) is 42.5 Å². The average molecular weight is 342 g/mol. The van der Waals surface area contributed by atoms with E-state index in [4.69, 9.17) is 0 Å². The minimum Gasteiger partial charge on any atom is -0.350 e. The molecule has 3 rings (SSSR count). The maximum Gasteiger partial charge on any atom is 0.320 e. The number of carbonyl (C=O) groups is 1. The number of nitrogens with zero attached hydrogens (tertiary/aromatic N) is 3. The summed E-state index contributed by atoms with van der Waals surface area (Å²) in [5.41, 5.74) is 3.20. The summed E-state index contributed by atoms with van der Waals surface area (Å²) in [5, 5.41) is 17.9. The molecule has 0 aliphatic heterocycles. The molecule has 1 N–H and O–H groups in total. The average Bonchev–Trinajstić information content (AvgIpc) is 2.91. The van der Waals surface area contributed by atoms with Gasteiger partial charge in [-0.3, -0.25) is 19.6 Å². The fourth-order valence-corrected chi connectivity index (χ4v) is 3.35. The van der Waals surface area contributed by atoms with Gasteiger partial charge in [0.25, 0.3) is 5.91 Å². The van der Waals surface area contributed by atoms with Crippen molar-refractivity contribution in [1.29, 1.82) is 0 Å². The number of hydrogen-bond donors (Lipinski definition) is 1. The van der Waals surface area contributed by atoms with Crippen LogP contribution in [-0.4, -0.2) is 27.2 Å². The second-order valence-electron chi connectivity index (χ2n) is 6.91. The summed E-state index contributed by atoms with van der Waals surface area (Å²) in [7, 11) is 1.56. The van der Waals surface area contributed by atoms with E-state index in [1.807, 2.05) is 0 Å². The highest BCUT2D eigenvalue weighted by atomic mass is 16.6. The zero-order valence-electron chi connectivity index (χ0n) is 14.7. The lowest BCUT2D eigenvalue weighted by atomic mass is 9.64. The van der Waals surface area contributed by atoms with Crippen LogP contribution < -0.4 is 5.32 Å². The molecule has 7 heteroatoms. The van der Waals surface area contributed by atoms with E-state index < -0.39 is 10.8 Å². The molecule has 0 bridgehead atoms. The first-order chi connectivity index (χ1) is 11.8. The van der Waals surface area contributed by atoms with Gasteiger partial charge in [0.2, 0.25) is 5.69 Å². The first-order valence-electron chi connectivity index (χ1n) is 8.36. The Labute approximate surface area is 146 Å². The smallest absolute Gasteiger partial charge is 0.320 e. The zero-order valence-corrected chi connectivity index (χ0v) is 14.7. The van der Waals surface area contributed by atoms with Crippen molar-refractivity contribution in [3.63, 3.8) is 0 Å². The van der Waals surface area contributed by atoms with Gasteiger partial charge in [-0.1, -0.05) is 24.6 Å². The fraction of sp³-hybridized carbons (Fsp3) is 0.444. The molecule has 0 unspecified atom stereocenters. The topological polar surface area (TPSA) is 90.1 Å². The standard InChI is InChI=1S/C18H22N4O3/c1-12-5-6-14(9-13(12)2)18(7-4-8-18)11-19-17(23)16-15(22(24)25)10-21(3)20-16/h5-6,9-10H,4,7-8,11H2,1-3H3,(H,19,23). The summed E-state index contributed by atoms with van der Waals surface area (Å²) in [6, 6.07) is 6.41. The Kier molecular flexibility index (Phi) is 4.32. The van der Waals surface area contributed by atoms with Crippen LogP contribution in [0.4, 0.5) is 5.69 Å². The molecule has 0 atom stereocenters. The maximum atomic E-state index is 12.4. The number of aromatic nitrogens is 2. The lowest BCUT2D eigenvalue weighted by molar-refractivity contribution is -0.385. The number of nitrogens with one attached hydrogen (secondary N) is 1. The monoisotopic (exact) mass is 342 g/mol. The third kappa shape index (κ3) is 3.14. The molecule has 1 amide bonds. The van der Waals surface area contributed by atoms with Gasteiger partial charge < -0.3 is 5.32 Å². The van der Waals surface area contributed by atoms with Crippen LogP contribution in [0.25, 0.3) is 0 Å². The highest BCUT2D eigenvalue weighted by molar-refractivity contribution is 5.96. The van der Waals surface area contributed by atoms with Crippen LogP contribution in [-0.2, 0) is 12.5 Å². The second kappa shape index (κ2) is 6.31. The molecule has 7 nitrogen and oxygen atoms in total. The minimum absolute atomic E-state index is 0.0856. The van der Waals surface area contributed by atoms with Crippen molar-refractivity contribution in [3.05, 3.63) is 56.9 Å². The SMILES string of the molecule is Cc1ccc(C2(CNC(=O)c3nn(C)cc3[N+](=O)[O-])CCC2)cc1C. The van der Waals surface area contributed by atoms with E-state index in [9.17, 15) is 14.9 Å². The van der Waals surface area contributed by atoms with E-state index in [-0.39, 0.29) is 16.8 Å². The van der Waals surface area contributed by atoms with Crippen LogP contribution in [0.15, 0.2) is 24.4 Å². The lowest BCUT2D eigenvalue weighted by Gasteiger charge is -2.42. The van der Waals surface area contributed by atoms with Crippen LogP contribution in [0.2, 0.25) is 0 Å². The predicted octanol–water partition coefficient (Wildman–Crippen LogP) is 2.80. The molecular formula is C18H22N4O3. The Hall–Kier alpha value is -2.70. The number of rotatable bonds is 5. The van der Waals surface area contributed by atoms with Gasteiger partial charge in [-0.2, -0.15) is 5.10 Å². The summed E-state index contributed by atoms with van der Waals surface area (Å²) in [5.74, 6) is -0.498. The Balaban J connectivity index is 1.78. The maximum absolute atomic E-state index is 12.4. The van der Waals surface area contributed by atoms with Crippen LogP contribution in [0, 0.1) is 24.0 Å². The third-order valence-corrected chi connectivity index (χ3v) is 5.24. The Morgan fingerprint density at radius 3 is 2.64 bits per heavy atom. The quantitative estimate of drug-likeness (QED) is 0.668. The van der Waals surface area contributed by atoms with Crippen LogP contribution in [0.5, 0.6) is 0 Å². The van der Waals surface area contributed by atoms with Gasteiger partial charge in [-0.25, -0.2) is 0 Å². The number of nitro groups is 1. The van der Waals surface area contributed by atoms with Crippen LogP contribution >= 0.6 is 0 Å². The van der Waals surface area contributed by atoms with Crippen molar-refractivity contribution >= 4 is 11.6 Å². The van der Waals surface area contributed by atoms with E-state index in [0.29, 0.717) is 6.54 Å². The van der Waals surface area contributed by atoms with Crippen molar-refractivity contribution < 1.29 is 9.72 Å². The van der Waals surface area contributed by atoms with Crippen molar-refractivity contribution in [1.82, 2.24) is 15.1 Å². The van der Waals surface area contributed by atoms with E-state index >= 15 is 0 Å². The van der Waals surface area contributed by atoms with Crippen LogP contribution in [0.3, 0.4) is 0 Å². The van der Waals surface area contributed by atoms with Gasteiger partial charge in [0.05, 0.1) is 4.92 Å². The second-order valence-corrected chi connectivity index (χ2v) is 6.91. The molecular weight excluding hydrogens is 320 g/mol. The molecule has 0 radical (unpaired) electrons. The summed E-state index contributed by atoms with van der Waals surface area (Å²) < 4.78 is 1.29. The van der Waals surface area contributed by atoms with Crippen molar-refractivity contribution in [2.45, 2.75) is 38.5 Å². The Bertz CT molecular complexity index is 837. The number of amides is 1.